The Morgan fingerprint density at radius 2 is 2.00 bits per heavy atom. The lowest BCUT2D eigenvalue weighted by molar-refractivity contribution is -0.141. The highest BCUT2D eigenvalue weighted by Crippen LogP contribution is 2.33. The van der Waals surface area contributed by atoms with Gasteiger partial charge in [0.1, 0.15) is 17.5 Å². The summed E-state index contributed by atoms with van der Waals surface area (Å²) >= 11 is 0. The van der Waals surface area contributed by atoms with Crippen LogP contribution in [-0.4, -0.2) is 60.2 Å². The summed E-state index contributed by atoms with van der Waals surface area (Å²) in [5.74, 6) is -0.564. The zero-order chi connectivity index (χ0) is 22.1. The summed E-state index contributed by atoms with van der Waals surface area (Å²) in [5, 5.41) is 3.41. The molecule has 1 saturated heterocycles. The first-order valence-corrected chi connectivity index (χ1v) is 9.96. The molecule has 8 heteroatoms. The molecule has 30 heavy (non-hydrogen) atoms. The Balaban J connectivity index is 1.93. The molecule has 0 aliphatic carbocycles. The molecule has 0 spiro atoms. The molecule has 2 amide bonds. The summed E-state index contributed by atoms with van der Waals surface area (Å²) in [6.07, 6.45) is 1.95. The fourth-order valence-electron chi connectivity index (χ4n) is 3.53. The summed E-state index contributed by atoms with van der Waals surface area (Å²) in [4.78, 5) is 26.5. The second-order valence-electron chi connectivity index (χ2n) is 8.78. The molecule has 3 rings (SSSR count). The van der Waals surface area contributed by atoms with Gasteiger partial charge in [-0.3, -0.25) is 4.79 Å². The number of imide groups is 1. The van der Waals surface area contributed by atoms with E-state index in [1.165, 1.54) is 6.08 Å². The van der Waals surface area contributed by atoms with Gasteiger partial charge in [0.2, 0.25) is 0 Å². The van der Waals surface area contributed by atoms with Gasteiger partial charge in [0.25, 0.3) is 5.91 Å². The van der Waals surface area contributed by atoms with Crippen LogP contribution in [0.4, 0.5) is 10.5 Å². The van der Waals surface area contributed by atoms with Crippen LogP contribution in [0.3, 0.4) is 0 Å². The second-order valence-corrected chi connectivity index (χ2v) is 8.78. The minimum absolute atomic E-state index is 0.306. The third kappa shape index (κ3) is 4.94. The van der Waals surface area contributed by atoms with Crippen LogP contribution in [0.2, 0.25) is 0 Å². The number of para-hydroxylation sites is 2. The summed E-state index contributed by atoms with van der Waals surface area (Å²) in [6, 6.07) is 6.32. The molecule has 1 fully saturated rings. The fraction of sp³-hybridized carbons (Fsp3) is 0.545. The molecule has 2 heterocycles. The number of ether oxygens (including phenoxy) is 4. The van der Waals surface area contributed by atoms with E-state index in [1.807, 2.05) is 38.1 Å². The van der Waals surface area contributed by atoms with E-state index in [2.05, 4.69) is 5.32 Å². The predicted molar refractivity (Wildman–Crippen MR) is 111 cm³/mol. The molecule has 0 unspecified atom stereocenters. The number of hydrogen-bond acceptors (Lipinski definition) is 7. The van der Waals surface area contributed by atoms with Gasteiger partial charge in [-0.1, -0.05) is 18.2 Å². The topological polar surface area (TPSA) is 86.3 Å². The number of methoxy groups -OCH3 is 1. The highest BCUT2D eigenvalue weighted by atomic mass is 16.7. The van der Waals surface area contributed by atoms with E-state index in [-0.39, 0.29) is 0 Å². The maximum absolute atomic E-state index is 12.8. The molecule has 8 nitrogen and oxygen atoms in total. The Kier molecular flexibility index (Phi) is 6.10. The zero-order valence-electron chi connectivity index (χ0n) is 18.3. The predicted octanol–water partition coefficient (Wildman–Crippen LogP) is 3.33. The zero-order valence-corrected chi connectivity index (χ0v) is 18.3. The quantitative estimate of drug-likeness (QED) is 0.785. The van der Waals surface area contributed by atoms with E-state index in [1.54, 1.807) is 34.0 Å². The van der Waals surface area contributed by atoms with Crippen molar-refractivity contribution in [2.75, 3.05) is 19.0 Å². The molecule has 1 aromatic carbocycles. The van der Waals surface area contributed by atoms with Crippen LogP contribution in [-0.2, 0) is 19.0 Å². The molecule has 1 N–H and O–H groups in total. The van der Waals surface area contributed by atoms with Crippen molar-refractivity contribution in [1.29, 1.82) is 0 Å². The number of carbonyl (C=O) groups is 2. The lowest BCUT2D eigenvalue weighted by atomic mass is 10.0. The summed E-state index contributed by atoms with van der Waals surface area (Å²) in [6.45, 7) is 9.24. The van der Waals surface area contributed by atoms with Gasteiger partial charge in [-0.05, 0) is 46.8 Å². The van der Waals surface area contributed by atoms with Crippen LogP contribution in [0.5, 0.6) is 5.75 Å². The number of rotatable bonds is 5. The molecule has 0 saturated carbocycles. The Labute approximate surface area is 177 Å². The van der Waals surface area contributed by atoms with Crippen molar-refractivity contribution in [2.45, 2.75) is 64.2 Å². The van der Waals surface area contributed by atoms with Crippen LogP contribution in [0.15, 0.2) is 36.4 Å². The van der Waals surface area contributed by atoms with Gasteiger partial charge < -0.3 is 24.3 Å². The molecule has 0 aromatic heterocycles. The minimum atomic E-state index is -0.769. The SMILES string of the molecule is COc1ccccc1N[C@H]([C@H]1C=CC(=O)N1C(=O)OC(C)(C)C)[C@H]1COC(C)(C)O1. The van der Waals surface area contributed by atoms with Crippen LogP contribution >= 0.6 is 0 Å². The third-order valence-corrected chi connectivity index (χ3v) is 4.79. The monoisotopic (exact) mass is 418 g/mol. The van der Waals surface area contributed by atoms with E-state index in [9.17, 15) is 9.59 Å². The normalized spacial score (nSPS) is 24.1. The number of benzene rings is 1. The maximum Gasteiger partial charge on any atom is 0.417 e. The smallest absolute Gasteiger partial charge is 0.417 e. The van der Waals surface area contributed by atoms with Gasteiger partial charge in [-0.15, -0.1) is 0 Å². The highest BCUT2D eigenvalue weighted by molar-refractivity contribution is 6.01. The Bertz CT molecular complexity index is 829. The Morgan fingerprint density at radius 1 is 1.30 bits per heavy atom. The summed E-state index contributed by atoms with van der Waals surface area (Å²) in [7, 11) is 1.58. The van der Waals surface area contributed by atoms with Crippen molar-refractivity contribution >= 4 is 17.7 Å². The largest absolute Gasteiger partial charge is 0.495 e. The second kappa shape index (κ2) is 8.28. The number of nitrogens with zero attached hydrogens (tertiary/aromatic N) is 1. The molecule has 0 bridgehead atoms. The van der Waals surface area contributed by atoms with Crippen molar-refractivity contribution in [3.63, 3.8) is 0 Å². The molecule has 0 radical (unpaired) electrons. The highest BCUT2D eigenvalue weighted by Gasteiger charge is 2.46. The van der Waals surface area contributed by atoms with E-state index < -0.39 is 41.6 Å². The molecule has 1 aromatic rings. The lowest BCUT2D eigenvalue weighted by Crippen LogP contribution is -2.54. The van der Waals surface area contributed by atoms with E-state index >= 15 is 0 Å². The first-order valence-electron chi connectivity index (χ1n) is 9.96. The number of anilines is 1. The van der Waals surface area contributed by atoms with Crippen molar-refractivity contribution in [1.82, 2.24) is 4.90 Å². The molecule has 164 valence electrons. The van der Waals surface area contributed by atoms with Crippen LogP contribution in [0.1, 0.15) is 34.6 Å². The van der Waals surface area contributed by atoms with E-state index in [0.29, 0.717) is 12.4 Å². The molecule has 2 aliphatic rings. The number of carbonyl (C=O) groups excluding carboxylic acids is 2. The van der Waals surface area contributed by atoms with Crippen molar-refractivity contribution in [2.24, 2.45) is 0 Å². The standard InChI is InChI=1S/C22H30N2O6/c1-21(2,3)30-20(26)24-15(11-12-18(24)25)19(17-13-28-22(4,5)29-17)23-14-9-7-8-10-16(14)27-6/h7-12,15,17,19,23H,13H2,1-6H3/t15-,17-,19-/m1/s1. The number of hydrogen-bond donors (Lipinski definition) is 1. The van der Waals surface area contributed by atoms with Crippen LogP contribution < -0.4 is 10.1 Å². The van der Waals surface area contributed by atoms with Crippen molar-refractivity contribution in [3.05, 3.63) is 36.4 Å². The molecule has 2 aliphatic heterocycles. The average molecular weight is 418 g/mol. The van der Waals surface area contributed by atoms with Crippen molar-refractivity contribution in [3.8, 4) is 5.75 Å². The number of amides is 2. The lowest BCUT2D eigenvalue weighted by Gasteiger charge is -2.35. The van der Waals surface area contributed by atoms with Crippen LogP contribution in [0, 0.1) is 0 Å². The summed E-state index contributed by atoms with van der Waals surface area (Å²) in [5.41, 5.74) is -0.0133. The van der Waals surface area contributed by atoms with Crippen molar-refractivity contribution < 1.29 is 28.5 Å². The van der Waals surface area contributed by atoms with Gasteiger partial charge in [0.05, 0.1) is 31.5 Å². The van der Waals surface area contributed by atoms with Gasteiger partial charge in [-0.2, -0.15) is 0 Å². The van der Waals surface area contributed by atoms with E-state index in [4.69, 9.17) is 18.9 Å². The van der Waals surface area contributed by atoms with Gasteiger partial charge >= 0.3 is 6.09 Å². The average Bonchev–Trinajstić information content (AvgIpc) is 3.20. The maximum atomic E-state index is 12.8. The first-order chi connectivity index (χ1) is 14.0. The van der Waals surface area contributed by atoms with Gasteiger partial charge in [0, 0.05) is 6.08 Å². The number of nitrogens with one attached hydrogen (secondary N) is 1. The summed E-state index contributed by atoms with van der Waals surface area (Å²) < 4.78 is 22.8. The van der Waals surface area contributed by atoms with E-state index in [0.717, 1.165) is 10.6 Å². The molecular formula is C22H30N2O6. The minimum Gasteiger partial charge on any atom is -0.495 e. The van der Waals surface area contributed by atoms with Gasteiger partial charge in [0.15, 0.2) is 5.79 Å². The molecule has 3 atom stereocenters. The Hall–Kier alpha value is -2.58. The van der Waals surface area contributed by atoms with Crippen LogP contribution in [0.25, 0.3) is 0 Å². The Morgan fingerprint density at radius 3 is 2.60 bits per heavy atom. The third-order valence-electron chi connectivity index (χ3n) is 4.79. The first kappa shape index (κ1) is 22.1. The fourth-order valence-corrected chi connectivity index (χ4v) is 3.53. The van der Waals surface area contributed by atoms with Gasteiger partial charge in [-0.25, -0.2) is 9.69 Å². The molecular weight excluding hydrogens is 388 g/mol.